The van der Waals surface area contributed by atoms with E-state index in [1.165, 1.54) is 12.3 Å². The fraction of sp³-hybridized carbons (Fsp3) is 0.227. The van der Waals surface area contributed by atoms with Gasteiger partial charge >= 0.3 is 0 Å². The number of ether oxygens (including phenoxy) is 1. The second-order valence-electron chi connectivity index (χ2n) is 6.91. The Balaban J connectivity index is 1.57. The first kappa shape index (κ1) is 19.6. The second-order valence-corrected chi connectivity index (χ2v) is 7.28. The molecular formula is C22H20ClFN2O3. The third kappa shape index (κ3) is 4.05. The summed E-state index contributed by atoms with van der Waals surface area (Å²) in [6.45, 7) is 1.14. The van der Waals surface area contributed by atoms with Crippen molar-refractivity contribution in [2.75, 3.05) is 18.5 Å². The standard InChI is InChI=1S/C22H20ClFN2O3/c23-21-16(2-1-3-18(21)24)13-4-5-15-14(7-9-29-20(15)10-13)11-26-19-12-25-8-6-17(19)22(27)28/h1-6,8,10,12,14,22,26-28H,7,9,11H2/t14-/m0/s1. The molecule has 1 aliphatic heterocycles. The highest BCUT2D eigenvalue weighted by atomic mass is 35.5. The smallest absolute Gasteiger partial charge is 0.180 e. The Kier molecular flexibility index (Phi) is 5.67. The summed E-state index contributed by atoms with van der Waals surface area (Å²) < 4.78 is 19.6. The molecule has 2 aromatic carbocycles. The monoisotopic (exact) mass is 414 g/mol. The fourth-order valence-electron chi connectivity index (χ4n) is 3.58. The Bertz CT molecular complexity index is 1030. The molecule has 29 heavy (non-hydrogen) atoms. The molecule has 0 amide bonds. The number of anilines is 1. The normalized spacial score (nSPS) is 15.7. The zero-order valence-corrected chi connectivity index (χ0v) is 16.2. The fourth-order valence-corrected chi connectivity index (χ4v) is 3.82. The van der Waals surface area contributed by atoms with Gasteiger partial charge in [0.05, 0.1) is 23.5 Å². The molecule has 0 bridgehead atoms. The Hall–Kier alpha value is -2.67. The van der Waals surface area contributed by atoms with E-state index in [1.54, 1.807) is 24.4 Å². The van der Waals surface area contributed by atoms with Crippen molar-refractivity contribution in [2.24, 2.45) is 0 Å². The molecule has 0 saturated heterocycles. The van der Waals surface area contributed by atoms with Gasteiger partial charge in [-0.1, -0.05) is 35.9 Å². The summed E-state index contributed by atoms with van der Waals surface area (Å²) in [5, 5.41) is 22.4. The highest BCUT2D eigenvalue weighted by Gasteiger charge is 2.23. The number of halogens is 2. The number of hydrogen-bond acceptors (Lipinski definition) is 5. The van der Waals surface area contributed by atoms with E-state index in [-0.39, 0.29) is 10.9 Å². The number of nitrogens with one attached hydrogen (secondary N) is 1. The highest BCUT2D eigenvalue weighted by Crippen LogP contribution is 2.39. The van der Waals surface area contributed by atoms with E-state index in [2.05, 4.69) is 10.3 Å². The number of aliphatic hydroxyl groups excluding tert-OH is 1. The van der Waals surface area contributed by atoms with Crippen molar-refractivity contribution in [3.05, 3.63) is 76.8 Å². The molecule has 3 N–H and O–H groups in total. The van der Waals surface area contributed by atoms with Crippen molar-refractivity contribution < 1.29 is 19.3 Å². The molecular weight excluding hydrogens is 395 g/mol. The predicted molar refractivity (Wildman–Crippen MR) is 110 cm³/mol. The third-order valence-electron chi connectivity index (χ3n) is 5.11. The molecule has 150 valence electrons. The van der Waals surface area contributed by atoms with Crippen LogP contribution in [0.4, 0.5) is 10.1 Å². The van der Waals surface area contributed by atoms with E-state index < -0.39 is 12.1 Å². The number of aromatic nitrogens is 1. The van der Waals surface area contributed by atoms with Gasteiger partial charge in [0, 0.05) is 29.8 Å². The zero-order chi connectivity index (χ0) is 20.4. The first-order chi connectivity index (χ1) is 14.0. The summed E-state index contributed by atoms with van der Waals surface area (Å²) in [7, 11) is 0. The van der Waals surface area contributed by atoms with Crippen molar-refractivity contribution in [3.63, 3.8) is 0 Å². The molecule has 3 aromatic rings. The van der Waals surface area contributed by atoms with Gasteiger partial charge in [-0.2, -0.15) is 0 Å². The average Bonchev–Trinajstić information content (AvgIpc) is 2.74. The predicted octanol–water partition coefficient (Wildman–Crippen LogP) is 4.50. The molecule has 0 fully saturated rings. The van der Waals surface area contributed by atoms with Crippen molar-refractivity contribution in [3.8, 4) is 16.9 Å². The van der Waals surface area contributed by atoms with E-state index in [1.807, 2.05) is 18.2 Å². The van der Waals surface area contributed by atoms with Gasteiger partial charge in [-0.3, -0.25) is 4.98 Å². The summed E-state index contributed by atoms with van der Waals surface area (Å²) in [5.41, 5.74) is 3.41. The summed E-state index contributed by atoms with van der Waals surface area (Å²) in [6, 6.07) is 12.1. The quantitative estimate of drug-likeness (QED) is 0.536. The SMILES string of the molecule is OC(O)c1ccncc1NC[C@@H]1CCOc2cc(-c3cccc(F)c3Cl)ccc21. The van der Waals surface area contributed by atoms with Gasteiger partial charge in [0.1, 0.15) is 11.6 Å². The Morgan fingerprint density at radius 1 is 1.24 bits per heavy atom. The van der Waals surface area contributed by atoms with Crippen LogP contribution in [0.1, 0.15) is 29.8 Å². The van der Waals surface area contributed by atoms with Crippen LogP contribution in [0, 0.1) is 5.82 Å². The highest BCUT2D eigenvalue weighted by molar-refractivity contribution is 6.33. The maximum atomic E-state index is 13.8. The second kappa shape index (κ2) is 8.37. The van der Waals surface area contributed by atoms with Gasteiger partial charge in [-0.05, 0) is 35.7 Å². The maximum Gasteiger partial charge on any atom is 0.180 e. The molecule has 1 aliphatic rings. The molecule has 1 aromatic heterocycles. The number of aliphatic hydroxyl groups is 2. The lowest BCUT2D eigenvalue weighted by Gasteiger charge is -2.27. The van der Waals surface area contributed by atoms with Crippen LogP contribution < -0.4 is 10.1 Å². The lowest BCUT2D eigenvalue weighted by Crippen LogP contribution is -2.21. The van der Waals surface area contributed by atoms with E-state index in [9.17, 15) is 14.6 Å². The van der Waals surface area contributed by atoms with Crippen LogP contribution in [0.3, 0.4) is 0 Å². The molecule has 0 unspecified atom stereocenters. The number of benzene rings is 2. The minimum absolute atomic E-state index is 0.0909. The summed E-state index contributed by atoms with van der Waals surface area (Å²) in [4.78, 5) is 4.04. The third-order valence-corrected chi connectivity index (χ3v) is 5.50. The maximum absolute atomic E-state index is 13.8. The van der Waals surface area contributed by atoms with Gasteiger partial charge in [-0.15, -0.1) is 0 Å². The number of fused-ring (bicyclic) bond motifs is 1. The molecule has 2 heterocycles. The zero-order valence-electron chi connectivity index (χ0n) is 15.5. The van der Waals surface area contributed by atoms with Gasteiger partial charge in [-0.25, -0.2) is 4.39 Å². The van der Waals surface area contributed by atoms with Gasteiger partial charge in [0.15, 0.2) is 6.29 Å². The van der Waals surface area contributed by atoms with Crippen LogP contribution in [-0.2, 0) is 0 Å². The molecule has 0 aliphatic carbocycles. The van der Waals surface area contributed by atoms with E-state index in [4.69, 9.17) is 16.3 Å². The van der Waals surface area contributed by atoms with Gasteiger partial charge < -0.3 is 20.3 Å². The Labute approximate surface area is 172 Å². The van der Waals surface area contributed by atoms with Crippen LogP contribution in [-0.4, -0.2) is 28.3 Å². The minimum atomic E-state index is -1.57. The van der Waals surface area contributed by atoms with E-state index in [0.29, 0.717) is 30.0 Å². The van der Waals surface area contributed by atoms with Crippen LogP contribution in [0.15, 0.2) is 54.9 Å². The van der Waals surface area contributed by atoms with E-state index in [0.717, 1.165) is 23.3 Å². The van der Waals surface area contributed by atoms with Crippen LogP contribution in [0.5, 0.6) is 5.75 Å². The lowest BCUT2D eigenvalue weighted by atomic mass is 9.91. The van der Waals surface area contributed by atoms with Crippen LogP contribution >= 0.6 is 11.6 Å². The summed E-state index contributed by atoms with van der Waals surface area (Å²) in [6.07, 6.45) is 2.34. The van der Waals surface area contributed by atoms with Crippen molar-refractivity contribution in [1.29, 1.82) is 0 Å². The van der Waals surface area contributed by atoms with Gasteiger partial charge in [0.2, 0.25) is 0 Å². The first-order valence-corrected chi connectivity index (χ1v) is 9.67. The molecule has 4 rings (SSSR count). The topological polar surface area (TPSA) is 74.6 Å². The largest absolute Gasteiger partial charge is 0.493 e. The summed E-state index contributed by atoms with van der Waals surface area (Å²) >= 11 is 6.12. The number of pyridine rings is 1. The van der Waals surface area contributed by atoms with Crippen molar-refractivity contribution >= 4 is 17.3 Å². The molecule has 1 atom stereocenters. The Morgan fingerprint density at radius 3 is 2.93 bits per heavy atom. The molecule has 7 heteroatoms. The van der Waals surface area contributed by atoms with Crippen LogP contribution in [0.25, 0.3) is 11.1 Å². The van der Waals surface area contributed by atoms with Gasteiger partial charge in [0.25, 0.3) is 0 Å². The lowest BCUT2D eigenvalue weighted by molar-refractivity contribution is -0.0419. The van der Waals surface area contributed by atoms with E-state index >= 15 is 0 Å². The minimum Gasteiger partial charge on any atom is -0.493 e. The average molecular weight is 415 g/mol. The molecule has 0 spiro atoms. The number of hydrogen-bond donors (Lipinski definition) is 3. The van der Waals surface area contributed by atoms with Crippen molar-refractivity contribution in [1.82, 2.24) is 4.98 Å². The van der Waals surface area contributed by atoms with Crippen molar-refractivity contribution in [2.45, 2.75) is 18.6 Å². The molecule has 5 nitrogen and oxygen atoms in total. The number of rotatable bonds is 5. The molecule has 0 saturated carbocycles. The van der Waals surface area contributed by atoms with Crippen LogP contribution in [0.2, 0.25) is 5.02 Å². The molecule has 0 radical (unpaired) electrons. The summed E-state index contributed by atoms with van der Waals surface area (Å²) in [5.74, 6) is 0.456. The first-order valence-electron chi connectivity index (χ1n) is 9.29. The number of nitrogens with zero attached hydrogens (tertiary/aromatic N) is 1. The Morgan fingerprint density at radius 2 is 2.10 bits per heavy atom.